The van der Waals surface area contributed by atoms with Crippen LogP contribution in [0.4, 0.5) is 4.39 Å². The number of nitrogens with zero attached hydrogens (tertiary/aromatic N) is 1. The Kier molecular flexibility index (Phi) is 5.88. The lowest BCUT2D eigenvalue weighted by Gasteiger charge is -2.30. The number of carbonyl (C=O) groups excluding carboxylic acids is 1. The van der Waals surface area contributed by atoms with Gasteiger partial charge in [-0.3, -0.25) is 4.79 Å². The SMILES string of the molecule is CC1CN(S(=O)(=O)c2cccc(C(=O)NCc3ccccc3F)c2)CCO1. The van der Waals surface area contributed by atoms with E-state index in [9.17, 15) is 17.6 Å². The zero-order chi connectivity index (χ0) is 19.4. The Hall–Kier alpha value is -2.29. The number of halogens is 1. The van der Waals surface area contributed by atoms with E-state index in [4.69, 9.17) is 4.74 Å². The molecule has 1 saturated heterocycles. The monoisotopic (exact) mass is 392 g/mol. The van der Waals surface area contributed by atoms with Crippen molar-refractivity contribution in [3.63, 3.8) is 0 Å². The molecular weight excluding hydrogens is 371 g/mol. The fourth-order valence-corrected chi connectivity index (χ4v) is 4.42. The second-order valence-electron chi connectivity index (χ2n) is 6.35. The minimum Gasteiger partial charge on any atom is -0.376 e. The first-order valence-corrected chi connectivity index (χ1v) is 10.1. The van der Waals surface area contributed by atoms with Crippen LogP contribution in [0.5, 0.6) is 0 Å². The molecule has 1 N–H and O–H groups in total. The van der Waals surface area contributed by atoms with E-state index in [2.05, 4.69) is 5.32 Å². The van der Waals surface area contributed by atoms with Crippen LogP contribution in [0.1, 0.15) is 22.8 Å². The maximum absolute atomic E-state index is 13.7. The predicted molar refractivity (Wildman–Crippen MR) is 98.2 cm³/mol. The van der Waals surface area contributed by atoms with E-state index < -0.39 is 21.7 Å². The number of hydrogen-bond acceptors (Lipinski definition) is 4. The average molecular weight is 392 g/mol. The van der Waals surface area contributed by atoms with Crippen LogP contribution in [0.25, 0.3) is 0 Å². The summed E-state index contributed by atoms with van der Waals surface area (Å²) < 4.78 is 46.0. The largest absolute Gasteiger partial charge is 0.376 e. The van der Waals surface area contributed by atoms with Gasteiger partial charge in [0, 0.05) is 30.8 Å². The first kappa shape index (κ1) is 19.5. The number of rotatable bonds is 5. The normalized spacial score (nSPS) is 18.2. The minimum atomic E-state index is -3.71. The van der Waals surface area contributed by atoms with Gasteiger partial charge in [0.25, 0.3) is 5.91 Å². The predicted octanol–water partition coefficient (Wildman–Crippen LogP) is 2.17. The minimum absolute atomic E-state index is 0.0173. The highest BCUT2D eigenvalue weighted by Crippen LogP contribution is 2.20. The van der Waals surface area contributed by atoms with Crippen molar-refractivity contribution in [1.29, 1.82) is 0 Å². The van der Waals surface area contributed by atoms with E-state index in [-0.39, 0.29) is 36.2 Å². The summed E-state index contributed by atoms with van der Waals surface area (Å²) >= 11 is 0. The van der Waals surface area contributed by atoms with Gasteiger partial charge in [0.1, 0.15) is 5.82 Å². The molecule has 0 aromatic heterocycles. The molecule has 144 valence electrons. The van der Waals surface area contributed by atoms with Crippen LogP contribution < -0.4 is 5.32 Å². The number of sulfonamides is 1. The number of carbonyl (C=O) groups is 1. The first-order valence-electron chi connectivity index (χ1n) is 8.61. The summed E-state index contributed by atoms with van der Waals surface area (Å²) in [6, 6.07) is 12.0. The Morgan fingerprint density at radius 2 is 2.04 bits per heavy atom. The zero-order valence-electron chi connectivity index (χ0n) is 14.9. The molecule has 3 rings (SSSR count). The van der Waals surface area contributed by atoms with Crippen molar-refractivity contribution in [1.82, 2.24) is 9.62 Å². The maximum Gasteiger partial charge on any atom is 0.251 e. The summed E-state index contributed by atoms with van der Waals surface area (Å²) in [7, 11) is -3.71. The summed E-state index contributed by atoms with van der Waals surface area (Å²) in [5, 5.41) is 2.61. The topological polar surface area (TPSA) is 75.7 Å². The lowest BCUT2D eigenvalue weighted by Crippen LogP contribution is -2.44. The second-order valence-corrected chi connectivity index (χ2v) is 8.28. The molecule has 2 aromatic rings. The smallest absolute Gasteiger partial charge is 0.251 e. The van der Waals surface area contributed by atoms with Gasteiger partial charge in [-0.15, -0.1) is 0 Å². The Bertz CT molecular complexity index is 933. The molecule has 1 aliphatic heterocycles. The van der Waals surface area contributed by atoms with Gasteiger partial charge in [0.05, 0.1) is 17.6 Å². The van der Waals surface area contributed by atoms with E-state index in [0.29, 0.717) is 12.2 Å². The first-order chi connectivity index (χ1) is 12.9. The van der Waals surface area contributed by atoms with Crippen molar-refractivity contribution in [2.75, 3.05) is 19.7 Å². The maximum atomic E-state index is 13.7. The van der Waals surface area contributed by atoms with Crippen LogP contribution in [0.15, 0.2) is 53.4 Å². The molecule has 1 unspecified atom stereocenters. The number of hydrogen-bond donors (Lipinski definition) is 1. The molecule has 1 heterocycles. The Morgan fingerprint density at radius 1 is 1.26 bits per heavy atom. The third-order valence-corrected chi connectivity index (χ3v) is 6.20. The van der Waals surface area contributed by atoms with Gasteiger partial charge < -0.3 is 10.1 Å². The molecule has 8 heteroatoms. The van der Waals surface area contributed by atoms with Crippen LogP contribution in [0.3, 0.4) is 0 Å². The Balaban J connectivity index is 1.74. The van der Waals surface area contributed by atoms with Gasteiger partial charge in [-0.05, 0) is 31.2 Å². The fraction of sp³-hybridized carbons (Fsp3) is 0.316. The van der Waals surface area contributed by atoms with Crippen molar-refractivity contribution < 1.29 is 22.3 Å². The van der Waals surface area contributed by atoms with Crippen LogP contribution >= 0.6 is 0 Å². The molecule has 1 amide bonds. The molecule has 0 radical (unpaired) electrons. The molecule has 0 aliphatic carbocycles. The third-order valence-electron chi connectivity index (χ3n) is 4.34. The van der Waals surface area contributed by atoms with Crippen molar-refractivity contribution in [3.8, 4) is 0 Å². The quantitative estimate of drug-likeness (QED) is 0.846. The van der Waals surface area contributed by atoms with Gasteiger partial charge in [0.2, 0.25) is 10.0 Å². The highest BCUT2D eigenvalue weighted by molar-refractivity contribution is 7.89. The lowest BCUT2D eigenvalue weighted by atomic mass is 10.2. The van der Waals surface area contributed by atoms with E-state index in [1.54, 1.807) is 18.2 Å². The average Bonchev–Trinajstić information content (AvgIpc) is 2.67. The number of nitrogens with one attached hydrogen (secondary N) is 1. The third kappa shape index (κ3) is 4.52. The van der Waals surface area contributed by atoms with E-state index in [0.717, 1.165) is 0 Å². The zero-order valence-corrected chi connectivity index (χ0v) is 15.7. The molecule has 0 bridgehead atoms. The summed E-state index contributed by atoms with van der Waals surface area (Å²) in [4.78, 5) is 12.4. The van der Waals surface area contributed by atoms with Gasteiger partial charge in [-0.25, -0.2) is 12.8 Å². The van der Waals surface area contributed by atoms with Crippen molar-refractivity contribution in [2.24, 2.45) is 0 Å². The van der Waals surface area contributed by atoms with Crippen molar-refractivity contribution >= 4 is 15.9 Å². The summed E-state index contributed by atoms with van der Waals surface area (Å²) in [6.45, 7) is 2.71. The van der Waals surface area contributed by atoms with Gasteiger partial charge in [0.15, 0.2) is 0 Å². The molecule has 2 aromatic carbocycles. The molecule has 1 aliphatic rings. The fourth-order valence-electron chi connectivity index (χ4n) is 2.87. The molecule has 1 atom stereocenters. The second kappa shape index (κ2) is 8.16. The Morgan fingerprint density at radius 3 is 2.78 bits per heavy atom. The molecule has 27 heavy (non-hydrogen) atoms. The van der Waals surface area contributed by atoms with Gasteiger partial charge in [-0.1, -0.05) is 24.3 Å². The highest BCUT2D eigenvalue weighted by atomic mass is 32.2. The van der Waals surface area contributed by atoms with E-state index in [1.807, 2.05) is 6.92 Å². The van der Waals surface area contributed by atoms with E-state index in [1.165, 1.54) is 34.6 Å². The standard InChI is InChI=1S/C19H21FN2O4S/c1-14-13-22(9-10-26-14)27(24,25)17-7-4-6-15(11-17)19(23)21-12-16-5-2-3-8-18(16)20/h2-8,11,14H,9-10,12-13H2,1H3,(H,21,23). The van der Waals surface area contributed by atoms with E-state index >= 15 is 0 Å². The number of benzene rings is 2. The summed E-state index contributed by atoms with van der Waals surface area (Å²) in [5.41, 5.74) is 0.561. The van der Waals surface area contributed by atoms with Crippen molar-refractivity contribution in [2.45, 2.75) is 24.5 Å². The molecule has 0 saturated carbocycles. The Labute approximate surface area is 158 Å². The van der Waals surface area contributed by atoms with Crippen molar-refractivity contribution in [3.05, 3.63) is 65.5 Å². The number of amides is 1. The summed E-state index contributed by atoms with van der Waals surface area (Å²) in [5.74, 6) is -0.874. The molecule has 1 fully saturated rings. The van der Waals surface area contributed by atoms with Gasteiger partial charge in [-0.2, -0.15) is 4.31 Å². The van der Waals surface area contributed by atoms with Crippen LogP contribution in [-0.4, -0.2) is 44.4 Å². The molecule has 6 nitrogen and oxygen atoms in total. The van der Waals surface area contributed by atoms with Crippen LogP contribution in [-0.2, 0) is 21.3 Å². The van der Waals surface area contributed by atoms with Gasteiger partial charge >= 0.3 is 0 Å². The highest BCUT2D eigenvalue weighted by Gasteiger charge is 2.29. The van der Waals surface area contributed by atoms with Crippen LogP contribution in [0.2, 0.25) is 0 Å². The molecule has 0 spiro atoms. The number of morpholine rings is 1. The molecular formula is C19H21FN2O4S. The summed E-state index contributed by atoms with van der Waals surface area (Å²) in [6.07, 6.45) is -0.180. The number of ether oxygens (including phenoxy) is 1. The van der Waals surface area contributed by atoms with Crippen LogP contribution in [0, 0.1) is 5.82 Å². The lowest BCUT2D eigenvalue weighted by molar-refractivity contribution is 0.0102.